The molecule has 0 N–H and O–H groups in total. The summed E-state index contributed by atoms with van der Waals surface area (Å²) in [7, 11) is 0. The van der Waals surface area contributed by atoms with Gasteiger partial charge in [0, 0.05) is 0 Å². The van der Waals surface area contributed by atoms with Gasteiger partial charge in [-0.1, -0.05) is 0 Å². The molecule has 2 atom stereocenters. The summed E-state index contributed by atoms with van der Waals surface area (Å²) in [5, 5.41) is 0. The Balaban J connectivity index is 3.69. The molecule has 0 spiro atoms. The van der Waals surface area contributed by atoms with Gasteiger partial charge >= 0.3 is 23.7 Å². The SMILES string of the molecule is FC(F)=C1C(F)C(F)(F)C(F)(C(F)(F)F)C1(F)F. The lowest BCUT2D eigenvalue weighted by Crippen LogP contribution is -2.62. The average Bonchev–Trinajstić information content (AvgIpc) is 2.22. The van der Waals surface area contributed by atoms with Crippen molar-refractivity contribution in [1.82, 2.24) is 0 Å². The number of rotatable bonds is 0. The fourth-order valence-corrected chi connectivity index (χ4v) is 1.49. The van der Waals surface area contributed by atoms with Crippen LogP contribution in [-0.2, 0) is 0 Å². The summed E-state index contributed by atoms with van der Waals surface area (Å²) < 4.78 is 136. The van der Waals surface area contributed by atoms with Gasteiger partial charge in [0.15, 0.2) is 6.17 Å². The van der Waals surface area contributed by atoms with Crippen LogP contribution in [0.5, 0.6) is 0 Å². The van der Waals surface area contributed by atoms with Crippen molar-refractivity contribution in [2.75, 3.05) is 0 Å². The molecule has 0 saturated heterocycles. The Morgan fingerprint density at radius 2 is 1.33 bits per heavy atom. The molecule has 0 aromatic carbocycles. The van der Waals surface area contributed by atoms with Gasteiger partial charge in [0.2, 0.25) is 0 Å². The molecule has 0 aromatic heterocycles. The number of hydrogen-bond acceptors (Lipinski definition) is 0. The average molecular weight is 294 g/mol. The van der Waals surface area contributed by atoms with Crippen LogP contribution in [0, 0.1) is 0 Å². The molecule has 2 unspecified atom stereocenters. The third kappa shape index (κ3) is 1.38. The minimum Gasteiger partial charge on any atom is -0.235 e. The second kappa shape index (κ2) is 3.50. The van der Waals surface area contributed by atoms with Crippen LogP contribution < -0.4 is 0 Å². The highest BCUT2D eigenvalue weighted by atomic mass is 19.4. The Morgan fingerprint density at radius 3 is 1.50 bits per heavy atom. The lowest BCUT2D eigenvalue weighted by molar-refractivity contribution is -0.343. The van der Waals surface area contributed by atoms with Crippen molar-refractivity contribution in [2.45, 2.75) is 29.9 Å². The molecule has 0 heterocycles. The third-order valence-electron chi connectivity index (χ3n) is 2.40. The molecular formula is C7HF11. The van der Waals surface area contributed by atoms with Gasteiger partial charge in [0.05, 0.1) is 0 Å². The number of alkyl halides is 9. The van der Waals surface area contributed by atoms with Gasteiger partial charge in [-0.25, -0.2) is 8.78 Å². The molecule has 0 amide bonds. The second-order valence-corrected chi connectivity index (χ2v) is 3.39. The first-order valence-electron chi connectivity index (χ1n) is 3.94. The van der Waals surface area contributed by atoms with Crippen LogP contribution >= 0.6 is 0 Å². The van der Waals surface area contributed by atoms with Gasteiger partial charge in [-0.3, -0.25) is 0 Å². The lowest BCUT2D eigenvalue weighted by Gasteiger charge is -2.32. The van der Waals surface area contributed by atoms with Crippen molar-refractivity contribution in [3.05, 3.63) is 11.7 Å². The summed E-state index contributed by atoms with van der Waals surface area (Å²) in [4.78, 5) is 0. The second-order valence-electron chi connectivity index (χ2n) is 3.39. The van der Waals surface area contributed by atoms with E-state index in [4.69, 9.17) is 0 Å². The molecule has 1 fully saturated rings. The Kier molecular flexibility index (Phi) is 2.92. The zero-order chi connectivity index (χ0) is 14.7. The molecule has 0 aliphatic heterocycles. The molecule has 106 valence electrons. The van der Waals surface area contributed by atoms with Gasteiger partial charge in [0.1, 0.15) is 5.57 Å². The minimum absolute atomic E-state index is 3.49. The van der Waals surface area contributed by atoms with E-state index in [1.165, 1.54) is 0 Å². The van der Waals surface area contributed by atoms with Crippen LogP contribution in [0.15, 0.2) is 11.7 Å². The van der Waals surface area contributed by atoms with E-state index in [9.17, 15) is 48.3 Å². The zero-order valence-corrected chi connectivity index (χ0v) is 7.73. The highest BCUT2D eigenvalue weighted by molar-refractivity contribution is 5.39. The largest absolute Gasteiger partial charge is 0.435 e. The van der Waals surface area contributed by atoms with E-state index in [0.29, 0.717) is 0 Å². The van der Waals surface area contributed by atoms with E-state index in [1.807, 2.05) is 0 Å². The maximum atomic E-state index is 13.0. The Bertz CT molecular complexity index is 387. The Labute approximate surface area is 91.1 Å². The van der Waals surface area contributed by atoms with E-state index in [2.05, 4.69) is 0 Å². The van der Waals surface area contributed by atoms with E-state index >= 15 is 0 Å². The lowest BCUT2D eigenvalue weighted by atomic mass is 9.96. The normalized spacial score (nSPS) is 34.8. The van der Waals surface area contributed by atoms with Crippen LogP contribution in [0.3, 0.4) is 0 Å². The molecule has 0 nitrogen and oxygen atoms in total. The molecule has 1 aliphatic carbocycles. The quantitative estimate of drug-likeness (QED) is 0.592. The summed E-state index contributed by atoms with van der Waals surface area (Å²) in [5.41, 5.74) is -10.2. The van der Waals surface area contributed by atoms with Crippen molar-refractivity contribution in [2.24, 2.45) is 0 Å². The standard InChI is InChI=1S/C7HF11/c8-2-1(3(9)10)4(11,12)6(15,5(2,13)14)7(16,17)18/h2H. The fraction of sp³-hybridized carbons (Fsp3) is 0.714. The monoisotopic (exact) mass is 294 g/mol. The van der Waals surface area contributed by atoms with Crippen LogP contribution in [0.1, 0.15) is 0 Å². The van der Waals surface area contributed by atoms with Crippen molar-refractivity contribution >= 4 is 0 Å². The van der Waals surface area contributed by atoms with Gasteiger partial charge in [0.25, 0.3) is 6.08 Å². The van der Waals surface area contributed by atoms with Crippen LogP contribution in [0.2, 0.25) is 0 Å². The Hall–Kier alpha value is -1.03. The molecule has 1 saturated carbocycles. The molecule has 11 heteroatoms. The minimum atomic E-state index is -6.94. The number of allylic oxidation sites excluding steroid dienone is 1. The maximum Gasteiger partial charge on any atom is 0.435 e. The summed E-state index contributed by atoms with van der Waals surface area (Å²) >= 11 is 0. The predicted molar refractivity (Wildman–Crippen MR) is 33.9 cm³/mol. The first-order chi connectivity index (χ1) is 7.73. The van der Waals surface area contributed by atoms with Crippen molar-refractivity contribution < 1.29 is 48.3 Å². The zero-order valence-electron chi connectivity index (χ0n) is 7.73. The third-order valence-corrected chi connectivity index (χ3v) is 2.40. The number of halogens is 11. The van der Waals surface area contributed by atoms with Crippen LogP contribution in [-0.4, -0.2) is 29.9 Å². The van der Waals surface area contributed by atoms with Crippen LogP contribution in [0.4, 0.5) is 48.3 Å². The van der Waals surface area contributed by atoms with Gasteiger partial charge < -0.3 is 0 Å². The molecule has 1 rings (SSSR count). The van der Waals surface area contributed by atoms with E-state index in [1.54, 1.807) is 0 Å². The smallest absolute Gasteiger partial charge is 0.235 e. The van der Waals surface area contributed by atoms with Gasteiger partial charge in [-0.15, -0.1) is 0 Å². The summed E-state index contributed by atoms with van der Waals surface area (Å²) in [6, 6.07) is 0. The van der Waals surface area contributed by atoms with E-state index in [0.717, 1.165) is 0 Å². The van der Waals surface area contributed by atoms with Crippen molar-refractivity contribution in [3.63, 3.8) is 0 Å². The molecule has 0 aromatic rings. The van der Waals surface area contributed by atoms with E-state index in [-0.39, 0.29) is 0 Å². The Morgan fingerprint density at radius 1 is 0.944 bits per heavy atom. The first kappa shape index (κ1) is 15.0. The molecule has 1 aliphatic rings. The summed E-state index contributed by atoms with van der Waals surface area (Å²) in [5.74, 6) is -12.8. The molecular weight excluding hydrogens is 293 g/mol. The summed E-state index contributed by atoms with van der Waals surface area (Å²) in [6.07, 6.45) is -15.5. The first-order valence-corrected chi connectivity index (χ1v) is 3.94. The van der Waals surface area contributed by atoms with Crippen molar-refractivity contribution in [1.29, 1.82) is 0 Å². The maximum absolute atomic E-state index is 13.0. The van der Waals surface area contributed by atoms with Crippen LogP contribution in [0.25, 0.3) is 0 Å². The highest BCUT2D eigenvalue weighted by Gasteiger charge is 2.92. The predicted octanol–water partition coefficient (Wildman–Crippen LogP) is 4.03. The number of hydrogen-bond donors (Lipinski definition) is 0. The molecule has 0 bridgehead atoms. The topological polar surface area (TPSA) is 0 Å². The van der Waals surface area contributed by atoms with Crippen molar-refractivity contribution in [3.8, 4) is 0 Å². The van der Waals surface area contributed by atoms with Gasteiger partial charge in [-0.2, -0.15) is 39.5 Å². The molecule has 0 radical (unpaired) electrons. The fourth-order valence-electron chi connectivity index (χ4n) is 1.49. The molecule has 18 heavy (non-hydrogen) atoms. The van der Waals surface area contributed by atoms with Gasteiger partial charge in [-0.05, 0) is 0 Å². The highest BCUT2D eigenvalue weighted by Crippen LogP contribution is 2.65. The van der Waals surface area contributed by atoms with E-state index < -0.39 is 41.5 Å². The summed E-state index contributed by atoms with van der Waals surface area (Å²) in [6.45, 7) is 0.